The zero-order chi connectivity index (χ0) is 15.0. The molecule has 5 nitrogen and oxygen atoms in total. The van der Waals surface area contributed by atoms with Gasteiger partial charge < -0.3 is 15.0 Å². The Bertz CT molecular complexity index is 672. The van der Waals surface area contributed by atoms with Crippen LogP contribution in [-0.4, -0.2) is 17.3 Å². The van der Waals surface area contributed by atoms with E-state index in [1.54, 1.807) is 0 Å². The van der Waals surface area contributed by atoms with Crippen LogP contribution in [0.1, 0.15) is 31.5 Å². The molecule has 0 amide bonds. The number of nitrogens with zero attached hydrogens (tertiary/aromatic N) is 2. The van der Waals surface area contributed by atoms with Crippen molar-refractivity contribution in [3.05, 3.63) is 29.6 Å². The second-order valence-corrected chi connectivity index (χ2v) is 5.22. The lowest BCUT2D eigenvalue weighted by atomic mass is 9.98. The van der Waals surface area contributed by atoms with E-state index >= 15 is 0 Å². The molecule has 120 valence electrons. The van der Waals surface area contributed by atoms with Crippen molar-refractivity contribution in [1.29, 1.82) is 0 Å². The Morgan fingerprint density at radius 3 is 2.50 bits per heavy atom. The number of hydrogen-bond donors (Lipinski definition) is 1. The maximum atomic E-state index is 14.0. The molecule has 1 aromatic carbocycles. The molecule has 3 rings (SSSR count). The predicted molar refractivity (Wildman–Crippen MR) is 77.8 cm³/mol. The van der Waals surface area contributed by atoms with Crippen molar-refractivity contribution in [1.82, 2.24) is 10.1 Å². The summed E-state index contributed by atoms with van der Waals surface area (Å²) in [4.78, 5) is 4.16. The zero-order valence-corrected chi connectivity index (χ0v) is 12.8. The van der Waals surface area contributed by atoms with E-state index in [0.29, 0.717) is 5.82 Å². The summed E-state index contributed by atoms with van der Waals surface area (Å²) in [6, 6.07) is 1.97. The van der Waals surface area contributed by atoms with E-state index in [2.05, 4.69) is 10.1 Å². The van der Waals surface area contributed by atoms with Gasteiger partial charge in [-0.05, 0) is 25.0 Å². The molecule has 0 unspecified atom stereocenters. The quantitative estimate of drug-likeness (QED) is 0.935. The smallest absolute Gasteiger partial charge is 0.264 e. The molecule has 1 fully saturated rings. The van der Waals surface area contributed by atoms with Crippen LogP contribution >= 0.6 is 12.4 Å². The molecule has 0 radical (unpaired) electrons. The number of rotatable bonds is 3. The van der Waals surface area contributed by atoms with E-state index in [4.69, 9.17) is 15.0 Å². The third kappa shape index (κ3) is 2.66. The monoisotopic (exact) mass is 331 g/mol. The van der Waals surface area contributed by atoms with Crippen LogP contribution in [0, 0.1) is 11.6 Å². The van der Waals surface area contributed by atoms with Crippen LogP contribution in [0.15, 0.2) is 16.7 Å². The van der Waals surface area contributed by atoms with Crippen LogP contribution in [0.25, 0.3) is 11.5 Å². The SMILES string of the molecule is COc1c(F)ccc(F)c1-c1nc(C2(N)CCCC2)no1.Cl. The summed E-state index contributed by atoms with van der Waals surface area (Å²) in [5.41, 5.74) is 5.39. The van der Waals surface area contributed by atoms with Crippen LogP contribution in [0.3, 0.4) is 0 Å². The lowest BCUT2D eigenvalue weighted by molar-refractivity contribution is 0.364. The van der Waals surface area contributed by atoms with Crippen molar-refractivity contribution < 1.29 is 18.0 Å². The van der Waals surface area contributed by atoms with E-state index in [1.165, 1.54) is 7.11 Å². The third-order valence-electron chi connectivity index (χ3n) is 3.84. The Kier molecular flexibility index (Phi) is 4.67. The highest BCUT2D eigenvalue weighted by Crippen LogP contribution is 2.38. The molecule has 0 atom stereocenters. The van der Waals surface area contributed by atoms with Crippen molar-refractivity contribution in [2.45, 2.75) is 31.2 Å². The summed E-state index contributed by atoms with van der Waals surface area (Å²) in [7, 11) is 1.25. The fraction of sp³-hybridized carbons (Fsp3) is 0.429. The van der Waals surface area contributed by atoms with Crippen molar-refractivity contribution >= 4 is 12.4 Å². The third-order valence-corrected chi connectivity index (χ3v) is 3.84. The van der Waals surface area contributed by atoms with Gasteiger partial charge in [-0.25, -0.2) is 8.78 Å². The molecular formula is C14H16ClF2N3O2. The highest BCUT2D eigenvalue weighted by molar-refractivity contribution is 5.85. The minimum absolute atomic E-state index is 0. The molecular weight excluding hydrogens is 316 g/mol. The molecule has 1 aliphatic carbocycles. The van der Waals surface area contributed by atoms with Crippen molar-refractivity contribution in [2.24, 2.45) is 5.73 Å². The number of aromatic nitrogens is 2. The van der Waals surface area contributed by atoms with Crippen molar-refractivity contribution in [3.8, 4) is 17.2 Å². The van der Waals surface area contributed by atoms with Gasteiger partial charge >= 0.3 is 0 Å². The Labute approximate surface area is 132 Å². The standard InChI is InChI=1S/C14H15F2N3O2.ClH/c1-20-11-9(16)5-4-8(15)10(11)12-18-13(19-21-12)14(17)6-2-3-7-14;/h4-5H,2-3,6-7,17H2,1H3;1H. The summed E-state index contributed by atoms with van der Waals surface area (Å²) in [6.45, 7) is 0. The van der Waals surface area contributed by atoms with Gasteiger partial charge in [0.2, 0.25) is 0 Å². The van der Waals surface area contributed by atoms with Crippen LogP contribution < -0.4 is 10.5 Å². The molecule has 0 saturated heterocycles. The summed E-state index contributed by atoms with van der Waals surface area (Å²) < 4.78 is 37.6. The first-order valence-corrected chi connectivity index (χ1v) is 6.70. The van der Waals surface area contributed by atoms with Crippen LogP contribution in [0.4, 0.5) is 8.78 Å². The van der Waals surface area contributed by atoms with Crippen molar-refractivity contribution in [3.63, 3.8) is 0 Å². The molecule has 1 heterocycles. The van der Waals surface area contributed by atoms with Gasteiger partial charge in [0, 0.05) is 0 Å². The average Bonchev–Trinajstić information content (AvgIpc) is 3.11. The maximum Gasteiger partial charge on any atom is 0.264 e. The fourth-order valence-corrected chi connectivity index (χ4v) is 2.69. The van der Waals surface area contributed by atoms with Gasteiger partial charge in [-0.1, -0.05) is 18.0 Å². The number of halogens is 3. The van der Waals surface area contributed by atoms with Gasteiger partial charge in [0.25, 0.3) is 5.89 Å². The van der Waals surface area contributed by atoms with Gasteiger partial charge in [-0.3, -0.25) is 0 Å². The molecule has 2 aromatic rings. The number of benzene rings is 1. The Hall–Kier alpha value is -1.73. The van der Waals surface area contributed by atoms with Gasteiger partial charge in [0.05, 0.1) is 12.6 Å². The van der Waals surface area contributed by atoms with Crippen molar-refractivity contribution in [2.75, 3.05) is 7.11 Å². The van der Waals surface area contributed by atoms with Crippen LogP contribution in [-0.2, 0) is 5.54 Å². The summed E-state index contributed by atoms with van der Waals surface area (Å²) in [5, 5.41) is 3.84. The predicted octanol–water partition coefficient (Wildman–Crippen LogP) is 3.17. The van der Waals surface area contributed by atoms with Gasteiger partial charge in [-0.15, -0.1) is 12.4 Å². The largest absolute Gasteiger partial charge is 0.493 e. The maximum absolute atomic E-state index is 14.0. The molecule has 0 spiro atoms. The number of hydrogen-bond acceptors (Lipinski definition) is 5. The minimum atomic E-state index is -0.697. The van der Waals surface area contributed by atoms with Crippen LogP contribution in [0.2, 0.25) is 0 Å². The van der Waals surface area contributed by atoms with Crippen LogP contribution in [0.5, 0.6) is 5.75 Å². The molecule has 2 N–H and O–H groups in total. The Morgan fingerprint density at radius 2 is 1.86 bits per heavy atom. The summed E-state index contributed by atoms with van der Waals surface area (Å²) >= 11 is 0. The van der Waals surface area contributed by atoms with E-state index in [9.17, 15) is 8.78 Å². The Balaban J connectivity index is 0.00000176. The summed E-state index contributed by atoms with van der Waals surface area (Å²) in [6.07, 6.45) is 3.46. The topological polar surface area (TPSA) is 74.2 Å². The molecule has 8 heteroatoms. The van der Waals surface area contributed by atoms with E-state index in [0.717, 1.165) is 37.8 Å². The lowest BCUT2D eigenvalue weighted by Crippen LogP contribution is -2.34. The molecule has 0 bridgehead atoms. The molecule has 1 saturated carbocycles. The molecule has 22 heavy (non-hydrogen) atoms. The average molecular weight is 332 g/mol. The molecule has 1 aromatic heterocycles. The molecule has 0 aliphatic heterocycles. The zero-order valence-electron chi connectivity index (χ0n) is 11.9. The van der Waals surface area contributed by atoms with Gasteiger partial charge in [0.1, 0.15) is 11.4 Å². The lowest BCUT2D eigenvalue weighted by Gasteiger charge is -2.17. The highest BCUT2D eigenvalue weighted by atomic mass is 35.5. The first kappa shape index (κ1) is 16.6. The fourth-order valence-electron chi connectivity index (χ4n) is 2.69. The highest BCUT2D eigenvalue weighted by Gasteiger charge is 2.36. The number of ether oxygens (including phenoxy) is 1. The number of nitrogens with two attached hydrogens (primary N) is 1. The van der Waals surface area contributed by atoms with Gasteiger partial charge in [0.15, 0.2) is 17.4 Å². The summed E-state index contributed by atoms with van der Waals surface area (Å²) in [5.74, 6) is -1.46. The second kappa shape index (κ2) is 6.18. The normalized spacial score (nSPS) is 16.4. The number of methoxy groups -OCH3 is 1. The Morgan fingerprint density at radius 1 is 1.23 bits per heavy atom. The second-order valence-electron chi connectivity index (χ2n) is 5.22. The molecule has 1 aliphatic rings. The van der Waals surface area contributed by atoms with E-state index in [1.807, 2.05) is 0 Å². The van der Waals surface area contributed by atoms with Gasteiger partial charge in [-0.2, -0.15) is 4.98 Å². The van der Waals surface area contributed by atoms with E-state index < -0.39 is 17.2 Å². The minimum Gasteiger partial charge on any atom is -0.493 e. The first-order valence-electron chi connectivity index (χ1n) is 6.70. The van der Waals surface area contributed by atoms with E-state index in [-0.39, 0.29) is 29.6 Å². The first-order chi connectivity index (χ1) is 10.0.